The van der Waals surface area contributed by atoms with Gasteiger partial charge in [0, 0.05) is 13.6 Å². The van der Waals surface area contributed by atoms with Gasteiger partial charge in [-0.3, -0.25) is 0 Å². The highest BCUT2D eigenvalue weighted by molar-refractivity contribution is 7.89. The molecular formula is C11H16FNO2S. The molecule has 90 valence electrons. The molecule has 0 fully saturated rings. The second-order valence-electron chi connectivity index (χ2n) is 3.70. The van der Waals surface area contributed by atoms with Crippen LogP contribution in [-0.4, -0.2) is 25.5 Å². The molecule has 1 rings (SSSR count). The minimum Gasteiger partial charge on any atom is -0.212 e. The van der Waals surface area contributed by atoms with Crippen molar-refractivity contribution >= 4 is 10.0 Å². The molecule has 0 heterocycles. The van der Waals surface area contributed by atoms with Gasteiger partial charge in [0.05, 0.1) is 5.75 Å². The van der Waals surface area contributed by atoms with Crippen LogP contribution in [0.3, 0.4) is 0 Å². The average molecular weight is 245 g/mol. The number of halogens is 1. The molecule has 0 amide bonds. The molecule has 0 radical (unpaired) electrons. The van der Waals surface area contributed by atoms with E-state index < -0.39 is 10.0 Å². The third-order valence-electron chi connectivity index (χ3n) is 2.26. The molecule has 0 spiro atoms. The third kappa shape index (κ3) is 3.57. The minimum absolute atomic E-state index is 0.144. The van der Waals surface area contributed by atoms with Crippen molar-refractivity contribution < 1.29 is 12.8 Å². The largest absolute Gasteiger partial charge is 0.214 e. The first-order valence-electron chi connectivity index (χ1n) is 5.14. The van der Waals surface area contributed by atoms with Crippen LogP contribution < -0.4 is 0 Å². The first-order valence-corrected chi connectivity index (χ1v) is 6.75. The molecule has 0 aliphatic heterocycles. The lowest BCUT2D eigenvalue weighted by atomic mass is 10.2. The molecule has 0 aliphatic rings. The quantitative estimate of drug-likeness (QED) is 0.795. The molecule has 0 bridgehead atoms. The van der Waals surface area contributed by atoms with E-state index in [1.54, 1.807) is 12.1 Å². The minimum atomic E-state index is -3.18. The Hall–Kier alpha value is -0.940. The molecule has 16 heavy (non-hydrogen) atoms. The third-order valence-corrected chi connectivity index (χ3v) is 4.26. The molecule has 0 unspecified atom stereocenters. The maximum Gasteiger partial charge on any atom is 0.214 e. The Morgan fingerprint density at radius 1 is 1.25 bits per heavy atom. The SMILES string of the molecule is CCCS(=O)(=O)N(C)Cc1ccc(F)cc1. The van der Waals surface area contributed by atoms with Crippen molar-refractivity contribution in [3.8, 4) is 0 Å². The number of hydrogen-bond donors (Lipinski definition) is 0. The van der Waals surface area contributed by atoms with E-state index in [9.17, 15) is 12.8 Å². The van der Waals surface area contributed by atoms with Crippen LogP contribution in [0.15, 0.2) is 24.3 Å². The van der Waals surface area contributed by atoms with Gasteiger partial charge in [-0.05, 0) is 24.1 Å². The van der Waals surface area contributed by atoms with Crippen LogP contribution in [0, 0.1) is 5.82 Å². The van der Waals surface area contributed by atoms with Gasteiger partial charge >= 0.3 is 0 Å². The van der Waals surface area contributed by atoms with Crippen molar-refractivity contribution in [1.29, 1.82) is 0 Å². The van der Waals surface area contributed by atoms with Crippen LogP contribution in [0.2, 0.25) is 0 Å². The normalized spacial score (nSPS) is 12.0. The lowest BCUT2D eigenvalue weighted by molar-refractivity contribution is 0.465. The van der Waals surface area contributed by atoms with Crippen LogP contribution in [-0.2, 0) is 16.6 Å². The zero-order valence-electron chi connectivity index (χ0n) is 9.48. The smallest absolute Gasteiger partial charge is 0.212 e. The van der Waals surface area contributed by atoms with E-state index in [0.29, 0.717) is 6.42 Å². The number of benzene rings is 1. The topological polar surface area (TPSA) is 37.4 Å². The molecule has 0 N–H and O–H groups in total. The Kier molecular flexibility index (Phi) is 4.44. The number of nitrogens with zero attached hydrogens (tertiary/aromatic N) is 1. The van der Waals surface area contributed by atoms with E-state index in [1.807, 2.05) is 6.92 Å². The Morgan fingerprint density at radius 2 is 1.81 bits per heavy atom. The summed E-state index contributed by atoms with van der Waals surface area (Å²) in [6, 6.07) is 5.84. The molecule has 1 aromatic rings. The summed E-state index contributed by atoms with van der Waals surface area (Å²) in [5.41, 5.74) is 0.781. The van der Waals surface area contributed by atoms with Gasteiger partial charge in [0.2, 0.25) is 10.0 Å². The Labute approximate surface area is 95.9 Å². The molecule has 0 atom stereocenters. The fourth-order valence-corrected chi connectivity index (χ4v) is 2.53. The molecule has 0 saturated carbocycles. The van der Waals surface area contributed by atoms with E-state index >= 15 is 0 Å². The zero-order valence-corrected chi connectivity index (χ0v) is 10.3. The van der Waals surface area contributed by atoms with Crippen molar-refractivity contribution in [2.45, 2.75) is 19.9 Å². The number of sulfonamides is 1. The van der Waals surface area contributed by atoms with Crippen molar-refractivity contribution in [2.75, 3.05) is 12.8 Å². The summed E-state index contributed by atoms with van der Waals surface area (Å²) < 4.78 is 37.2. The first kappa shape index (κ1) is 13.1. The van der Waals surface area contributed by atoms with Crippen LogP contribution >= 0.6 is 0 Å². The van der Waals surface area contributed by atoms with Crippen LogP contribution in [0.4, 0.5) is 4.39 Å². The first-order chi connectivity index (χ1) is 7.45. The van der Waals surface area contributed by atoms with Gasteiger partial charge in [-0.25, -0.2) is 17.1 Å². The summed E-state index contributed by atoms with van der Waals surface area (Å²) in [4.78, 5) is 0. The summed E-state index contributed by atoms with van der Waals surface area (Å²) in [5, 5.41) is 0. The standard InChI is InChI=1S/C11H16FNO2S/c1-3-8-16(14,15)13(2)9-10-4-6-11(12)7-5-10/h4-7H,3,8-9H2,1-2H3. The highest BCUT2D eigenvalue weighted by Gasteiger charge is 2.16. The summed E-state index contributed by atoms with van der Waals surface area (Å²) in [5.74, 6) is -0.173. The van der Waals surface area contributed by atoms with Gasteiger partial charge in [-0.15, -0.1) is 0 Å². The van der Waals surface area contributed by atoms with E-state index in [4.69, 9.17) is 0 Å². The molecule has 3 nitrogen and oxygen atoms in total. The molecular weight excluding hydrogens is 229 g/mol. The summed E-state index contributed by atoms with van der Waals surface area (Å²) in [7, 11) is -1.64. The van der Waals surface area contributed by atoms with Crippen molar-refractivity contribution in [2.24, 2.45) is 0 Å². The monoisotopic (exact) mass is 245 g/mol. The van der Waals surface area contributed by atoms with Crippen molar-refractivity contribution in [1.82, 2.24) is 4.31 Å². The molecule has 0 aromatic heterocycles. The molecule has 0 saturated heterocycles. The summed E-state index contributed by atoms with van der Waals surface area (Å²) in [6.45, 7) is 2.10. The second kappa shape index (κ2) is 5.41. The number of rotatable bonds is 5. The van der Waals surface area contributed by atoms with Gasteiger partial charge in [0.25, 0.3) is 0 Å². The maximum atomic E-state index is 12.6. The average Bonchev–Trinajstić information content (AvgIpc) is 2.21. The Bertz CT molecular complexity index is 428. The van der Waals surface area contributed by atoms with Crippen molar-refractivity contribution in [3.05, 3.63) is 35.6 Å². The van der Waals surface area contributed by atoms with Crippen molar-refractivity contribution in [3.63, 3.8) is 0 Å². The van der Waals surface area contributed by atoms with Gasteiger partial charge in [0.15, 0.2) is 0 Å². The highest BCUT2D eigenvalue weighted by Crippen LogP contribution is 2.09. The lowest BCUT2D eigenvalue weighted by Crippen LogP contribution is -2.28. The van der Waals surface area contributed by atoms with Gasteiger partial charge in [-0.1, -0.05) is 19.1 Å². The van der Waals surface area contributed by atoms with E-state index in [0.717, 1.165) is 5.56 Å². The van der Waals surface area contributed by atoms with Crippen LogP contribution in [0.5, 0.6) is 0 Å². The van der Waals surface area contributed by atoms with Gasteiger partial charge in [-0.2, -0.15) is 0 Å². The van der Waals surface area contributed by atoms with Gasteiger partial charge < -0.3 is 0 Å². The van der Waals surface area contributed by atoms with Crippen LogP contribution in [0.1, 0.15) is 18.9 Å². The maximum absolute atomic E-state index is 12.6. The summed E-state index contributed by atoms with van der Waals surface area (Å²) >= 11 is 0. The van der Waals surface area contributed by atoms with Crippen LogP contribution in [0.25, 0.3) is 0 Å². The van der Waals surface area contributed by atoms with E-state index in [2.05, 4.69) is 0 Å². The fourth-order valence-electron chi connectivity index (χ4n) is 1.36. The highest BCUT2D eigenvalue weighted by atomic mass is 32.2. The van der Waals surface area contributed by atoms with E-state index in [1.165, 1.54) is 23.5 Å². The molecule has 0 aliphatic carbocycles. The fraction of sp³-hybridized carbons (Fsp3) is 0.455. The van der Waals surface area contributed by atoms with E-state index in [-0.39, 0.29) is 18.1 Å². The predicted octanol–water partition coefficient (Wildman–Crippen LogP) is 2.00. The second-order valence-corrected chi connectivity index (χ2v) is 5.89. The Balaban J connectivity index is 2.71. The zero-order chi connectivity index (χ0) is 12.2. The summed E-state index contributed by atoms with van der Waals surface area (Å²) in [6.07, 6.45) is 0.593. The Morgan fingerprint density at radius 3 is 2.31 bits per heavy atom. The molecule has 1 aromatic carbocycles. The lowest BCUT2D eigenvalue weighted by Gasteiger charge is -2.16. The number of hydrogen-bond acceptors (Lipinski definition) is 2. The predicted molar refractivity (Wildman–Crippen MR) is 61.9 cm³/mol. The molecule has 5 heteroatoms. The van der Waals surface area contributed by atoms with Gasteiger partial charge in [0.1, 0.15) is 5.82 Å².